The molecular weight excluding hydrogens is 382 g/mol. The molecule has 0 unspecified atom stereocenters. The van der Waals surface area contributed by atoms with Crippen molar-refractivity contribution < 1.29 is 19.1 Å². The predicted molar refractivity (Wildman–Crippen MR) is 113 cm³/mol. The van der Waals surface area contributed by atoms with Gasteiger partial charge >= 0.3 is 5.97 Å². The first-order valence-corrected chi connectivity index (χ1v) is 10.9. The van der Waals surface area contributed by atoms with E-state index in [0.717, 1.165) is 52.5 Å². The fourth-order valence-corrected chi connectivity index (χ4v) is 4.63. The fourth-order valence-electron chi connectivity index (χ4n) is 4.63. The Kier molecular flexibility index (Phi) is 6.51. The van der Waals surface area contributed by atoms with E-state index in [0.29, 0.717) is 30.5 Å². The number of esters is 1. The molecule has 4 rings (SSSR count). The van der Waals surface area contributed by atoms with E-state index in [2.05, 4.69) is 27.2 Å². The number of hydrogen-bond acceptors (Lipinski definition) is 6. The monoisotopic (exact) mass is 413 g/mol. The van der Waals surface area contributed by atoms with Crippen LogP contribution in [0.1, 0.15) is 25.3 Å². The molecule has 0 bridgehead atoms. The second-order valence-electron chi connectivity index (χ2n) is 8.36. The molecule has 0 aliphatic carbocycles. The molecule has 1 aromatic carbocycles. The number of nitrogens with one attached hydrogen (secondary N) is 1. The van der Waals surface area contributed by atoms with Crippen LogP contribution in [0.15, 0.2) is 41.5 Å². The number of morpholine rings is 1. The van der Waals surface area contributed by atoms with Crippen molar-refractivity contribution in [3.05, 3.63) is 47.0 Å². The van der Waals surface area contributed by atoms with Crippen LogP contribution in [0.4, 0.5) is 0 Å². The molecule has 1 amide bonds. The first-order valence-electron chi connectivity index (χ1n) is 10.9. The van der Waals surface area contributed by atoms with E-state index < -0.39 is 5.60 Å². The highest BCUT2D eigenvalue weighted by Crippen LogP contribution is 2.41. The Morgan fingerprint density at radius 2 is 1.77 bits per heavy atom. The van der Waals surface area contributed by atoms with Crippen molar-refractivity contribution in [2.45, 2.75) is 31.9 Å². The van der Waals surface area contributed by atoms with Gasteiger partial charge in [-0.05, 0) is 12.5 Å². The zero-order chi connectivity index (χ0) is 21.0. The summed E-state index contributed by atoms with van der Waals surface area (Å²) in [6.45, 7) is 8.76. The Labute approximate surface area is 178 Å². The minimum Gasteiger partial charge on any atom is -0.450 e. The largest absolute Gasteiger partial charge is 0.450 e. The van der Waals surface area contributed by atoms with Crippen LogP contribution in [0.25, 0.3) is 0 Å². The number of amides is 1. The molecule has 0 atom stereocenters. The first-order chi connectivity index (χ1) is 14.6. The van der Waals surface area contributed by atoms with E-state index in [1.165, 1.54) is 5.56 Å². The number of likely N-dealkylation sites (tertiary alicyclic amines) is 1. The number of ether oxygens (including phenoxy) is 2. The molecule has 3 heterocycles. The van der Waals surface area contributed by atoms with Crippen LogP contribution in [0, 0.1) is 0 Å². The summed E-state index contributed by atoms with van der Waals surface area (Å²) in [6.07, 6.45) is 1.30. The normalized spacial score (nSPS) is 22.4. The average Bonchev–Trinajstić information content (AvgIpc) is 3.01. The molecule has 1 N–H and O–H groups in total. The van der Waals surface area contributed by atoms with Gasteiger partial charge in [0.2, 0.25) is 0 Å². The second kappa shape index (κ2) is 9.29. The lowest BCUT2D eigenvalue weighted by Crippen LogP contribution is -2.49. The van der Waals surface area contributed by atoms with Crippen molar-refractivity contribution in [3.63, 3.8) is 0 Å². The Bertz CT molecular complexity index is 794. The number of nitrogens with zero attached hydrogens (tertiary/aromatic N) is 2. The van der Waals surface area contributed by atoms with E-state index >= 15 is 0 Å². The maximum atomic E-state index is 13.0. The molecule has 0 saturated carbocycles. The Hall–Kier alpha value is -2.22. The maximum absolute atomic E-state index is 13.0. The van der Waals surface area contributed by atoms with Gasteiger partial charge in [-0.2, -0.15) is 0 Å². The molecule has 0 radical (unpaired) electrons. The minimum absolute atomic E-state index is 0.164. The number of benzene rings is 1. The molecule has 30 heavy (non-hydrogen) atoms. The zero-order valence-electron chi connectivity index (χ0n) is 17.7. The van der Waals surface area contributed by atoms with Crippen LogP contribution in [-0.2, 0) is 25.6 Å². The third-order valence-electron chi connectivity index (χ3n) is 6.38. The second-order valence-corrected chi connectivity index (χ2v) is 8.36. The van der Waals surface area contributed by atoms with E-state index in [4.69, 9.17) is 9.47 Å². The lowest BCUT2D eigenvalue weighted by molar-refractivity contribution is -0.151. The van der Waals surface area contributed by atoms with Gasteiger partial charge in [-0.3, -0.25) is 14.6 Å². The van der Waals surface area contributed by atoms with E-state index in [1.54, 1.807) is 6.92 Å². The van der Waals surface area contributed by atoms with Crippen molar-refractivity contribution >= 4 is 11.9 Å². The predicted octanol–water partition coefficient (Wildman–Crippen LogP) is 1.34. The number of carbonyl (C=O) groups is 2. The van der Waals surface area contributed by atoms with Crippen LogP contribution in [-0.4, -0.2) is 79.8 Å². The first kappa shape index (κ1) is 21.0. The van der Waals surface area contributed by atoms with Crippen LogP contribution in [0.3, 0.4) is 0 Å². The Morgan fingerprint density at radius 1 is 1.07 bits per heavy atom. The van der Waals surface area contributed by atoms with Gasteiger partial charge in [-0.1, -0.05) is 30.3 Å². The third kappa shape index (κ3) is 4.58. The number of carbonyl (C=O) groups excluding carboxylic acids is 2. The minimum atomic E-state index is -0.780. The molecule has 1 aromatic rings. The van der Waals surface area contributed by atoms with Gasteiger partial charge in [0.05, 0.1) is 18.8 Å². The fraction of sp³-hybridized carbons (Fsp3) is 0.565. The van der Waals surface area contributed by atoms with E-state index in [-0.39, 0.29) is 11.9 Å². The highest BCUT2D eigenvalue weighted by molar-refractivity contribution is 6.07. The van der Waals surface area contributed by atoms with Gasteiger partial charge < -0.3 is 14.8 Å². The van der Waals surface area contributed by atoms with E-state index in [9.17, 15) is 9.59 Å². The van der Waals surface area contributed by atoms with Crippen molar-refractivity contribution in [2.24, 2.45) is 0 Å². The van der Waals surface area contributed by atoms with Crippen LogP contribution in [0.2, 0.25) is 0 Å². The summed E-state index contributed by atoms with van der Waals surface area (Å²) in [6, 6.07) is 10.4. The summed E-state index contributed by atoms with van der Waals surface area (Å²) in [5, 5.41) is 3.02. The summed E-state index contributed by atoms with van der Waals surface area (Å²) in [4.78, 5) is 30.0. The van der Waals surface area contributed by atoms with Crippen LogP contribution in [0.5, 0.6) is 0 Å². The summed E-state index contributed by atoms with van der Waals surface area (Å²) < 4.78 is 11.2. The Morgan fingerprint density at radius 3 is 2.47 bits per heavy atom. The smallest absolute Gasteiger partial charge is 0.335 e. The van der Waals surface area contributed by atoms with Crippen LogP contribution < -0.4 is 5.32 Å². The molecule has 162 valence electrons. The summed E-state index contributed by atoms with van der Waals surface area (Å²) in [5.41, 5.74) is 1.48. The van der Waals surface area contributed by atoms with E-state index in [1.807, 2.05) is 18.2 Å². The molecule has 3 aliphatic heterocycles. The van der Waals surface area contributed by atoms with Gasteiger partial charge in [0.25, 0.3) is 5.91 Å². The summed E-state index contributed by atoms with van der Waals surface area (Å²) in [7, 11) is 0. The maximum Gasteiger partial charge on any atom is 0.335 e. The van der Waals surface area contributed by atoms with Gasteiger partial charge in [-0.15, -0.1) is 0 Å². The zero-order valence-corrected chi connectivity index (χ0v) is 17.7. The topological polar surface area (TPSA) is 71.1 Å². The molecule has 2 fully saturated rings. The standard InChI is InChI=1S/C23H31N3O4/c1-18-20(21(27)24-9-12-25-13-15-29-16-14-25)23(30-22(18)28)7-10-26(11-8-23)17-19-5-3-2-4-6-19/h2-6H,7-17H2,1H3,(H,24,27). The van der Waals surface area contributed by atoms with Crippen LogP contribution >= 0.6 is 0 Å². The summed E-state index contributed by atoms with van der Waals surface area (Å²) in [5.74, 6) is -0.520. The number of rotatable bonds is 6. The van der Waals surface area contributed by atoms with Crippen molar-refractivity contribution in [1.82, 2.24) is 15.1 Å². The summed E-state index contributed by atoms with van der Waals surface area (Å²) >= 11 is 0. The van der Waals surface area contributed by atoms with Gasteiger partial charge in [0.1, 0.15) is 5.60 Å². The highest BCUT2D eigenvalue weighted by Gasteiger charge is 2.50. The van der Waals surface area contributed by atoms with Crippen molar-refractivity contribution in [2.75, 3.05) is 52.5 Å². The Balaban J connectivity index is 1.35. The molecular formula is C23H31N3O4. The van der Waals surface area contributed by atoms with Crippen molar-refractivity contribution in [1.29, 1.82) is 0 Å². The molecule has 2 saturated heterocycles. The lowest BCUT2D eigenvalue weighted by atomic mass is 9.82. The molecule has 1 spiro atoms. The molecule has 7 heteroatoms. The van der Waals surface area contributed by atoms with Gasteiger partial charge in [0.15, 0.2) is 0 Å². The SMILES string of the molecule is CC1=C(C(=O)NCCN2CCOCC2)C2(CCN(Cc3ccccc3)CC2)OC1=O. The quantitative estimate of drug-likeness (QED) is 0.710. The number of piperidine rings is 1. The lowest BCUT2D eigenvalue weighted by Gasteiger charge is -2.39. The number of hydrogen-bond donors (Lipinski definition) is 1. The molecule has 0 aromatic heterocycles. The van der Waals surface area contributed by atoms with Gasteiger partial charge in [-0.25, -0.2) is 4.79 Å². The molecule has 7 nitrogen and oxygen atoms in total. The average molecular weight is 414 g/mol. The third-order valence-corrected chi connectivity index (χ3v) is 6.38. The van der Waals surface area contributed by atoms with Crippen molar-refractivity contribution in [3.8, 4) is 0 Å². The highest BCUT2D eigenvalue weighted by atomic mass is 16.6. The molecule has 3 aliphatic rings. The van der Waals surface area contributed by atoms with Gasteiger partial charge in [0, 0.05) is 64.2 Å².